The maximum Gasteiger partial charge on any atom is 0.320 e. The van der Waals surface area contributed by atoms with Gasteiger partial charge < -0.3 is 10.0 Å². The van der Waals surface area contributed by atoms with Crippen molar-refractivity contribution in [2.75, 3.05) is 6.54 Å². The number of likely N-dealkylation sites (tertiary alicyclic amines) is 1. The third kappa shape index (κ3) is 4.93. The molecular weight excluding hydrogens is 336 g/mol. The topological polar surface area (TPSA) is 69.6 Å². The van der Waals surface area contributed by atoms with Gasteiger partial charge in [0.2, 0.25) is 5.91 Å². The molecule has 0 aliphatic carbocycles. The van der Waals surface area contributed by atoms with E-state index >= 15 is 0 Å². The number of nitrogens with one attached hydrogen (secondary N) is 1. The van der Waals surface area contributed by atoms with Crippen LogP contribution in [0.15, 0.2) is 17.5 Å². The molecule has 3 atom stereocenters. The van der Waals surface area contributed by atoms with Crippen LogP contribution in [0, 0.1) is 0 Å². The molecule has 130 valence electrons. The molecule has 0 aromatic carbocycles. The van der Waals surface area contributed by atoms with Crippen molar-refractivity contribution in [3.8, 4) is 0 Å². The van der Waals surface area contributed by atoms with Crippen molar-refractivity contribution in [3.63, 3.8) is 0 Å². The van der Waals surface area contributed by atoms with E-state index in [9.17, 15) is 14.7 Å². The summed E-state index contributed by atoms with van der Waals surface area (Å²) in [5, 5.41) is 14.2. The number of carboxylic acid groups (broad SMARTS) is 1. The third-order valence-corrected chi connectivity index (χ3v) is 5.08. The van der Waals surface area contributed by atoms with Crippen LogP contribution >= 0.6 is 23.7 Å². The van der Waals surface area contributed by atoms with Crippen LogP contribution in [0.5, 0.6) is 0 Å². The van der Waals surface area contributed by atoms with E-state index in [4.69, 9.17) is 0 Å². The number of hydrogen-bond donors (Lipinski definition) is 2. The van der Waals surface area contributed by atoms with Crippen molar-refractivity contribution in [2.45, 2.75) is 57.7 Å². The Balaban J connectivity index is 0.00000264. The SMILES string of the molecule is CCCC(NC(C)C(=O)N1CCCC1c1cccs1)C(=O)O.Cl. The first-order valence-electron chi connectivity index (χ1n) is 7.87. The molecule has 1 aliphatic heterocycles. The van der Waals surface area contributed by atoms with E-state index in [1.807, 2.05) is 23.3 Å². The number of rotatable bonds is 7. The first-order chi connectivity index (χ1) is 10.5. The molecule has 0 radical (unpaired) electrons. The van der Waals surface area contributed by atoms with Gasteiger partial charge in [-0.3, -0.25) is 14.9 Å². The second-order valence-electron chi connectivity index (χ2n) is 5.77. The van der Waals surface area contributed by atoms with Gasteiger partial charge >= 0.3 is 5.97 Å². The van der Waals surface area contributed by atoms with Gasteiger partial charge in [0.25, 0.3) is 0 Å². The van der Waals surface area contributed by atoms with Gasteiger partial charge in [-0.15, -0.1) is 23.7 Å². The Labute approximate surface area is 147 Å². The Hall–Kier alpha value is -1.11. The van der Waals surface area contributed by atoms with Crippen molar-refractivity contribution in [1.29, 1.82) is 0 Å². The summed E-state index contributed by atoms with van der Waals surface area (Å²) in [7, 11) is 0. The van der Waals surface area contributed by atoms with Crippen LogP contribution in [0.2, 0.25) is 0 Å². The Morgan fingerprint density at radius 1 is 1.52 bits per heavy atom. The van der Waals surface area contributed by atoms with Gasteiger partial charge in [-0.2, -0.15) is 0 Å². The van der Waals surface area contributed by atoms with E-state index in [-0.39, 0.29) is 24.4 Å². The van der Waals surface area contributed by atoms with Crippen molar-refractivity contribution in [2.24, 2.45) is 0 Å². The van der Waals surface area contributed by atoms with Crippen molar-refractivity contribution in [1.82, 2.24) is 10.2 Å². The van der Waals surface area contributed by atoms with Crippen molar-refractivity contribution in [3.05, 3.63) is 22.4 Å². The third-order valence-electron chi connectivity index (χ3n) is 4.10. The fourth-order valence-electron chi connectivity index (χ4n) is 3.00. The molecule has 1 fully saturated rings. The zero-order valence-corrected chi connectivity index (χ0v) is 15.2. The summed E-state index contributed by atoms with van der Waals surface area (Å²) >= 11 is 1.67. The van der Waals surface area contributed by atoms with E-state index in [2.05, 4.69) is 11.4 Å². The molecule has 0 bridgehead atoms. The summed E-state index contributed by atoms with van der Waals surface area (Å²) in [6, 6.07) is 3.08. The molecule has 3 unspecified atom stereocenters. The highest BCUT2D eigenvalue weighted by molar-refractivity contribution is 7.10. The highest BCUT2D eigenvalue weighted by Gasteiger charge is 2.34. The van der Waals surface area contributed by atoms with Crippen LogP contribution in [0.4, 0.5) is 0 Å². The first-order valence-corrected chi connectivity index (χ1v) is 8.75. The summed E-state index contributed by atoms with van der Waals surface area (Å²) in [4.78, 5) is 27.0. The average Bonchev–Trinajstić information content (AvgIpc) is 3.15. The highest BCUT2D eigenvalue weighted by atomic mass is 35.5. The second kappa shape index (κ2) is 9.25. The van der Waals surface area contributed by atoms with E-state index in [1.54, 1.807) is 18.3 Å². The summed E-state index contributed by atoms with van der Waals surface area (Å²) in [5.74, 6) is -0.893. The normalized spacial score (nSPS) is 19.9. The predicted octanol–water partition coefficient (Wildman–Crippen LogP) is 3.06. The quantitative estimate of drug-likeness (QED) is 0.784. The minimum absolute atomic E-state index is 0. The van der Waals surface area contributed by atoms with E-state index in [1.165, 1.54) is 4.88 Å². The maximum absolute atomic E-state index is 12.7. The molecule has 23 heavy (non-hydrogen) atoms. The number of hydrogen-bond acceptors (Lipinski definition) is 4. The van der Waals surface area contributed by atoms with Gasteiger partial charge in [0.05, 0.1) is 12.1 Å². The minimum atomic E-state index is -0.891. The molecule has 0 spiro atoms. The number of thiophene rings is 1. The summed E-state index contributed by atoms with van der Waals surface area (Å²) < 4.78 is 0. The van der Waals surface area contributed by atoms with Crippen LogP contribution in [0.25, 0.3) is 0 Å². The van der Waals surface area contributed by atoms with Crippen molar-refractivity contribution < 1.29 is 14.7 Å². The molecule has 2 heterocycles. The molecule has 2 rings (SSSR count). The molecule has 1 aromatic rings. The van der Waals surface area contributed by atoms with Crippen LogP contribution in [-0.4, -0.2) is 40.5 Å². The monoisotopic (exact) mass is 360 g/mol. The Bertz CT molecular complexity index is 509. The second-order valence-corrected chi connectivity index (χ2v) is 6.75. The smallest absolute Gasteiger partial charge is 0.320 e. The van der Waals surface area contributed by atoms with Crippen LogP contribution in [-0.2, 0) is 9.59 Å². The average molecular weight is 361 g/mol. The van der Waals surface area contributed by atoms with E-state index < -0.39 is 18.1 Å². The van der Waals surface area contributed by atoms with Crippen LogP contribution in [0.1, 0.15) is 50.4 Å². The predicted molar refractivity (Wildman–Crippen MR) is 94.2 cm³/mol. The Kier molecular flexibility index (Phi) is 8.02. The first kappa shape index (κ1) is 19.9. The van der Waals surface area contributed by atoms with Gasteiger partial charge in [-0.05, 0) is 37.6 Å². The number of nitrogens with zero attached hydrogens (tertiary/aromatic N) is 1. The number of carboxylic acids is 1. The number of amides is 1. The van der Waals surface area contributed by atoms with Gasteiger partial charge in [0.15, 0.2) is 0 Å². The standard InChI is InChI=1S/C16H24N2O3S.ClH/c1-3-6-12(16(20)21)17-11(2)15(19)18-9-4-7-13(18)14-8-5-10-22-14;/h5,8,10-13,17H,3-4,6-7,9H2,1-2H3,(H,20,21);1H. The number of halogens is 1. The molecule has 1 amide bonds. The van der Waals surface area contributed by atoms with E-state index in [0.717, 1.165) is 25.8 Å². The molecule has 1 aromatic heterocycles. The maximum atomic E-state index is 12.7. The van der Waals surface area contributed by atoms with Gasteiger partial charge in [-0.1, -0.05) is 19.4 Å². The zero-order valence-electron chi connectivity index (χ0n) is 13.5. The molecule has 7 heteroatoms. The molecule has 5 nitrogen and oxygen atoms in total. The lowest BCUT2D eigenvalue weighted by Gasteiger charge is -2.28. The summed E-state index contributed by atoms with van der Waals surface area (Å²) in [6.45, 7) is 4.45. The zero-order chi connectivity index (χ0) is 16.1. The van der Waals surface area contributed by atoms with Gasteiger partial charge in [-0.25, -0.2) is 0 Å². The molecular formula is C16H25ClN2O3S. The Morgan fingerprint density at radius 3 is 2.83 bits per heavy atom. The molecule has 0 saturated carbocycles. The summed E-state index contributed by atoms with van der Waals surface area (Å²) in [5.41, 5.74) is 0. The summed E-state index contributed by atoms with van der Waals surface area (Å²) in [6.07, 6.45) is 3.28. The highest BCUT2D eigenvalue weighted by Crippen LogP contribution is 2.34. The fourth-order valence-corrected chi connectivity index (χ4v) is 3.87. The molecule has 2 N–H and O–H groups in total. The van der Waals surface area contributed by atoms with Crippen LogP contribution < -0.4 is 5.32 Å². The lowest BCUT2D eigenvalue weighted by atomic mass is 10.1. The Morgan fingerprint density at radius 2 is 2.26 bits per heavy atom. The number of carbonyl (C=O) groups excluding carboxylic acids is 1. The lowest BCUT2D eigenvalue weighted by Crippen LogP contribution is -2.50. The van der Waals surface area contributed by atoms with Crippen molar-refractivity contribution >= 4 is 35.6 Å². The lowest BCUT2D eigenvalue weighted by molar-refractivity contribution is -0.140. The van der Waals surface area contributed by atoms with Gasteiger partial charge in [0, 0.05) is 11.4 Å². The molecule has 1 saturated heterocycles. The van der Waals surface area contributed by atoms with Crippen LogP contribution in [0.3, 0.4) is 0 Å². The minimum Gasteiger partial charge on any atom is -0.480 e. The number of aliphatic carboxylic acids is 1. The largest absolute Gasteiger partial charge is 0.480 e. The molecule has 1 aliphatic rings. The van der Waals surface area contributed by atoms with E-state index in [0.29, 0.717) is 6.42 Å². The number of carbonyl (C=O) groups is 2. The van der Waals surface area contributed by atoms with Gasteiger partial charge in [0.1, 0.15) is 6.04 Å². The fraction of sp³-hybridized carbons (Fsp3) is 0.625.